The minimum atomic E-state index is -0.614. The Morgan fingerprint density at radius 3 is 2.44 bits per heavy atom. The number of carbonyl (C=O) groups excluding carboxylic acids is 3. The van der Waals surface area contributed by atoms with Crippen LogP contribution in [0.3, 0.4) is 0 Å². The van der Waals surface area contributed by atoms with Crippen LogP contribution in [0.25, 0.3) is 0 Å². The summed E-state index contributed by atoms with van der Waals surface area (Å²) in [5, 5.41) is 10.1. The predicted molar refractivity (Wildman–Crippen MR) is 99.1 cm³/mol. The van der Waals surface area contributed by atoms with Crippen molar-refractivity contribution in [2.24, 2.45) is 5.73 Å². The molecule has 1 unspecified atom stereocenters. The van der Waals surface area contributed by atoms with Crippen molar-refractivity contribution in [3.8, 4) is 5.75 Å². The van der Waals surface area contributed by atoms with Crippen molar-refractivity contribution in [2.45, 2.75) is 25.8 Å². The maximum absolute atomic E-state index is 12.7. The average molecular weight is 365 g/mol. The molecule has 0 spiro atoms. The Bertz CT molecular complexity index is 935. The van der Waals surface area contributed by atoms with Crippen LogP contribution >= 0.6 is 0 Å². The molecular formula is C20H19N3O4. The monoisotopic (exact) mass is 365 g/mol. The number of fused-ring (bicyclic) bond motifs is 1. The second-order valence-electron chi connectivity index (χ2n) is 6.33. The summed E-state index contributed by atoms with van der Waals surface area (Å²) in [5.74, 6) is -0.614. The minimum Gasteiger partial charge on any atom is -0.427 e. The first-order valence-electron chi connectivity index (χ1n) is 8.46. The first kappa shape index (κ1) is 18.3. The third-order valence-corrected chi connectivity index (χ3v) is 4.39. The van der Waals surface area contributed by atoms with Crippen LogP contribution in [-0.2, 0) is 11.2 Å². The number of ketones is 1. The van der Waals surface area contributed by atoms with Crippen LogP contribution in [0.1, 0.15) is 45.2 Å². The molecule has 0 heterocycles. The van der Waals surface area contributed by atoms with Gasteiger partial charge in [-0.1, -0.05) is 12.1 Å². The Kier molecular flexibility index (Phi) is 5.03. The van der Waals surface area contributed by atoms with Crippen LogP contribution in [0.2, 0.25) is 0 Å². The van der Waals surface area contributed by atoms with Gasteiger partial charge in [-0.05, 0) is 48.7 Å². The number of rotatable bonds is 4. The summed E-state index contributed by atoms with van der Waals surface area (Å²) in [5.41, 5.74) is 7.64. The molecule has 1 aliphatic rings. The number of aryl methyl sites for hydroxylation is 1. The van der Waals surface area contributed by atoms with E-state index in [0.717, 1.165) is 5.56 Å². The van der Waals surface area contributed by atoms with Gasteiger partial charge in [0.15, 0.2) is 5.78 Å². The van der Waals surface area contributed by atoms with E-state index in [0.29, 0.717) is 35.3 Å². The number of nitrogen functional groups attached to an aromatic ring is 1. The van der Waals surface area contributed by atoms with Crippen molar-refractivity contribution in [1.29, 1.82) is 5.41 Å². The second kappa shape index (κ2) is 7.41. The summed E-state index contributed by atoms with van der Waals surface area (Å²) >= 11 is 0. The van der Waals surface area contributed by atoms with Gasteiger partial charge in [-0.2, -0.15) is 0 Å². The van der Waals surface area contributed by atoms with Crippen molar-refractivity contribution in [1.82, 2.24) is 5.32 Å². The lowest BCUT2D eigenvalue weighted by Crippen LogP contribution is -2.43. The van der Waals surface area contributed by atoms with E-state index in [2.05, 4.69) is 5.32 Å². The second-order valence-corrected chi connectivity index (χ2v) is 6.33. The molecule has 2 aromatic rings. The third-order valence-electron chi connectivity index (χ3n) is 4.39. The minimum absolute atomic E-state index is 0.0749. The molecular weight excluding hydrogens is 346 g/mol. The molecule has 1 amide bonds. The fourth-order valence-electron chi connectivity index (χ4n) is 3.05. The molecule has 1 atom stereocenters. The summed E-state index contributed by atoms with van der Waals surface area (Å²) in [6, 6.07) is 10.6. The van der Waals surface area contributed by atoms with Crippen molar-refractivity contribution in [3.63, 3.8) is 0 Å². The SMILES string of the molecule is CC(=O)Oc1ccc2c(c1)CCC(NC(=O)c1ccc(C(=N)N)cc1)C2=O. The number of nitrogens with one attached hydrogen (secondary N) is 2. The highest BCUT2D eigenvalue weighted by atomic mass is 16.5. The van der Waals surface area contributed by atoms with Gasteiger partial charge >= 0.3 is 5.97 Å². The van der Waals surface area contributed by atoms with Gasteiger partial charge in [0.05, 0.1) is 6.04 Å². The first-order valence-corrected chi connectivity index (χ1v) is 8.46. The van der Waals surface area contributed by atoms with Crippen LogP contribution in [0.4, 0.5) is 0 Å². The first-order chi connectivity index (χ1) is 12.8. The van der Waals surface area contributed by atoms with E-state index in [9.17, 15) is 14.4 Å². The number of hydrogen-bond donors (Lipinski definition) is 3. The molecule has 0 aromatic heterocycles. The number of amides is 1. The highest BCUT2D eigenvalue weighted by molar-refractivity contribution is 6.06. The van der Waals surface area contributed by atoms with Crippen molar-refractivity contribution >= 4 is 23.5 Å². The lowest BCUT2D eigenvalue weighted by Gasteiger charge is -2.24. The Morgan fingerprint density at radius 1 is 1.15 bits per heavy atom. The molecule has 3 rings (SSSR count). The van der Waals surface area contributed by atoms with Crippen LogP contribution in [0.5, 0.6) is 5.75 Å². The molecule has 7 heteroatoms. The molecule has 138 valence electrons. The van der Waals surface area contributed by atoms with E-state index in [1.807, 2.05) is 0 Å². The smallest absolute Gasteiger partial charge is 0.308 e. The van der Waals surface area contributed by atoms with Gasteiger partial charge < -0.3 is 15.8 Å². The molecule has 0 fully saturated rings. The molecule has 4 N–H and O–H groups in total. The quantitative estimate of drug-likeness (QED) is 0.330. The molecule has 7 nitrogen and oxygen atoms in total. The summed E-state index contributed by atoms with van der Waals surface area (Å²) in [6.45, 7) is 1.32. The zero-order valence-corrected chi connectivity index (χ0v) is 14.7. The van der Waals surface area contributed by atoms with Gasteiger partial charge in [0, 0.05) is 23.6 Å². The van der Waals surface area contributed by atoms with E-state index >= 15 is 0 Å². The Balaban J connectivity index is 1.72. The van der Waals surface area contributed by atoms with Gasteiger partial charge in [-0.25, -0.2) is 0 Å². The number of hydrogen-bond acceptors (Lipinski definition) is 5. The normalized spacial score (nSPS) is 15.6. The van der Waals surface area contributed by atoms with Crippen LogP contribution < -0.4 is 15.8 Å². The largest absolute Gasteiger partial charge is 0.427 e. The molecule has 2 aromatic carbocycles. The van der Waals surface area contributed by atoms with E-state index in [1.54, 1.807) is 42.5 Å². The zero-order chi connectivity index (χ0) is 19.6. The summed E-state index contributed by atoms with van der Waals surface area (Å²) in [7, 11) is 0. The van der Waals surface area contributed by atoms with Crippen molar-refractivity contribution in [3.05, 3.63) is 64.7 Å². The summed E-state index contributed by atoms with van der Waals surface area (Å²) in [4.78, 5) is 36.2. The molecule has 0 aliphatic heterocycles. The third kappa shape index (κ3) is 4.03. The lowest BCUT2D eigenvalue weighted by molar-refractivity contribution is -0.131. The standard InChI is InChI=1S/C20H19N3O4/c1-11(24)27-15-7-8-16-14(10-15)6-9-17(18(16)25)23-20(26)13-4-2-12(3-5-13)19(21)22/h2-5,7-8,10,17H,6,9H2,1H3,(H3,21,22)(H,23,26). The molecule has 0 saturated heterocycles. The number of carbonyl (C=O) groups is 3. The van der Waals surface area contributed by atoms with E-state index in [-0.39, 0.29) is 17.5 Å². The number of Topliss-reactive ketones (excluding diaryl/α,β-unsaturated/α-hetero) is 1. The summed E-state index contributed by atoms with van der Waals surface area (Å²) < 4.78 is 5.05. The maximum atomic E-state index is 12.7. The summed E-state index contributed by atoms with van der Waals surface area (Å²) in [6.07, 6.45) is 1.05. The van der Waals surface area contributed by atoms with Crippen LogP contribution in [0, 0.1) is 5.41 Å². The topological polar surface area (TPSA) is 122 Å². The highest BCUT2D eigenvalue weighted by Crippen LogP contribution is 2.26. The highest BCUT2D eigenvalue weighted by Gasteiger charge is 2.29. The van der Waals surface area contributed by atoms with Gasteiger partial charge in [-0.3, -0.25) is 19.8 Å². The van der Waals surface area contributed by atoms with Gasteiger partial charge in [0.2, 0.25) is 0 Å². The lowest BCUT2D eigenvalue weighted by atomic mass is 9.87. The Morgan fingerprint density at radius 2 is 1.81 bits per heavy atom. The molecule has 1 aliphatic carbocycles. The van der Waals surface area contributed by atoms with Gasteiger partial charge in [-0.15, -0.1) is 0 Å². The average Bonchev–Trinajstić information content (AvgIpc) is 2.63. The molecule has 27 heavy (non-hydrogen) atoms. The van der Waals surface area contributed by atoms with Crippen molar-refractivity contribution < 1.29 is 19.1 Å². The Hall–Kier alpha value is -3.48. The molecule has 0 bridgehead atoms. The van der Waals surface area contributed by atoms with Gasteiger partial charge in [0.25, 0.3) is 5.91 Å². The Labute approximate surface area is 156 Å². The van der Waals surface area contributed by atoms with E-state index < -0.39 is 12.0 Å². The van der Waals surface area contributed by atoms with E-state index in [1.165, 1.54) is 6.92 Å². The number of benzene rings is 2. The van der Waals surface area contributed by atoms with Crippen LogP contribution in [0.15, 0.2) is 42.5 Å². The predicted octanol–water partition coefficient (Wildman–Crippen LogP) is 1.82. The number of amidine groups is 1. The fourth-order valence-corrected chi connectivity index (χ4v) is 3.05. The zero-order valence-electron chi connectivity index (χ0n) is 14.7. The van der Waals surface area contributed by atoms with Gasteiger partial charge in [0.1, 0.15) is 11.6 Å². The number of esters is 1. The van der Waals surface area contributed by atoms with E-state index in [4.69, 9.17) is 15.9 Å². The van der Waals surface area contributed by atoms with Crippen LogP contribution in [-0.4, -0.2) is 29.5 Å². The number of nitrogens with two attached hydrogens (primary N) is 1. The number of ether oxygens (including phenoxy) is 1. The molecule has 0 saturated carbocycles. The maximum Gasteiger partial charge on any atom is 0.308 e. The molecule has 0 radical (unpaired) electrons. The van der Waals surface area contributed by atoms with Crippen molar-refractivity contribution in [2.75, 3.05) is 0 Å². The fraction of sp³-hybridized carbons (Fsp3) is 0.200.